The molecule has 7 nitrogen and oxygen atoms in total. The van der Waals surface area contributed by atoms with Crippen molar-refractivity contribution in [3.8, 4) is 17.1 Å². The Hall–Kier alpha value is -3.88. The first-order valence-electron chi connectivity index (χ1n) is 12.5. The minimum atomic E-state index is -0.549. The minimum absolute atomic E-state index is 0.106. The zero-order valence-corrected chi connectivity index (χ0v) is 23.6. The van der Waals surface area contributed by atoms with E-state index in [1.54, 1.807) is 13.3 Å². The van der Waals surface area contributed by atoms with Gasteiger partial charge in [0.1, 0.15) is 23.3 Å². The van der Waals surface area contributed by atoms with Crippen molar-refractivity contribution in [2.75, 3.05) is 17.3 Å². The highest BCUT2D eigenvalue weighted by Gasteiger charge is 2.43. The number of carbonyl (C=O) groups excluding carboxylic acids is 1. The maximum Gasteiger partial charge on any atom is 0.229 e. The molecule has 1 amide bonds. The van der Waals surface area contributed by atoms with E-state index < -0.39 is 5.41 Å². The third kappa shape index (κ3) is 5.48. The number of carbonyl (C=O) groups is 1. The summed E-state index contributed by atoms with van der Waals surface area (Å²) >= 11 is 11.9. The SMILES string of the molecule is COc1cc(N2C(=S)N[C@H](c3ccccn3)[C@H]2c2ccc(-c3ccc(Cl)cc3)o2)ccc1NC(=O)C(C)(C)C. The van der Waals surface area contributed by atoms with Crippen molar-refractivity contribution in [2.45, 2.75) is 32.9 Å². The Kier molecular flexibility index (Phi) is 7.34. The molecule has 0 bridgehead atoms. The Bertz CT molecular complexity index is 1500. The molecule has 1 aliphatic heterocycles. The van der Waals surface area contributed by atoms with Gasteiger partial charge in [0, 0.05) is 34.0 Å². The normalized spacial score (nSPS) is 17.2. The average molecular weight is 561 g/mol. The van der Waals surface area contributed by atoms with Gasteiger partial charge >= 0.3 is 0 Å². The summed E-state index contributed by atoms with van der Waals surface area (Å²) < 4.78 is 12.1. The van der Waals surface area contributed by atoms with E-state index in [4.69, 9.17) is 33.0 Å². The van der Waals surface area contributed by atoms with E-state index in [-0.39, 0.29) is 18.0 Å². The minimum Gasteiger partial charge on any atom is -0.494 e. The summed E-state index contributed by atoms with van der Waals surface area (Å²) in [5.74, 6) is 1.85. The number of thiocarbonyl (C=S) groups is 1. The van der Waals surface area contributed by atoms with Crippen LogP contribution >= 0.6 is 23.8 Å². The van der Waals surface area contributed by atoms with Crippen molar-refractivity contribution in [2.24, 2.45) is 5.41 Å². The summed E-state index contributed by atoms with van der Waals surface area (Å²) in [6.07, 6.45) is 1.76. The molecular formula is C30H29ClN4O3S. The highest BCUT2D eigenvalue weighted by atomic mass is 35.5. The molecule has 1 fully saturated rings. The topological polar surface area (TPSA) is 79.6 Å². The lowest BCUT2D eigenvalue weighted by Gasteiger charge is -2.27. The first kappa shape index (κ1) is 26.7. The van der Waals surface area contributed by atoms with Crippen LogP contribution < -0.4 is 20.3 Å². The number of aromatic nitrogens is 1. The molecule has 2 atom stereocenters. The fourth-order valence-corrected chi connectivity index (χ4v) is 4.92. The number of hydrogen-bond acceptors (Lipinski definition) is 5. The largest absolute Gasteiger partial charge is 0.494 e. The Morgan fingerprint density at radius 3 is 2.54 bits per heavy atom. The Labute approximate surface area is 238 Å². The highest BCUT2D eigenvalue weighted by Crippen LogP contribution is 2.44. The fraction of sp³-hybridized carbons (Fsp3) is 0.233. The molecule has 1 saturated heterocycles. The van der Waals surface area contributed by atoms with Gasteiger partial charge in [-0.2, -0.15) is 0 Å². The number of nitrogens with one attached hydrogen (secondary N) is 2. The standard InChI is InChI=1S/C30H29ClN4O3S/c1-30(2,3)28(36)33-21-13-12-20(17-25(21)37-4)35-27(26(34-29(35)39)22-7-5-6-16-32-22)24-15-14-23(38-24)18-8-10-19(31)11-9-18/h5-17,26-27H,1-4H3,(H,33,36)(H,34,39)/t26-,27-/m1/s1. The first-order valence-corrected chi connectivity index (χ1v) is 13.3. The zero-order valence-electron chi connectivity index (χ0n) is 22.1. The summed E-state index contributed by atoms with van der Waals surface area (Å²) in [6.45, 7) is 5.59. The van der Waals surface area contributed by atoms with E-state index in [2.05, 4.69) is 15.6 Å². The van der Waals surface area contributed by atoms with Crippen LogP contribution in [-0.2, 0) is 4.79 Å². The quantitative estimate of drug-likeness (QED) is 0.242. The van der Waals surface area contributed by atoms with Gasteiger partial charge in [-0.3, -0.25) is 9.78 Å². The lowest BCUT2D eigenvalue weighted by Crippen LogP contribution is -2.30. The van der Waals surface area contributed by atoms with Crippen LogP contribution in [0.2, 0.25) is 5.02 Å². The molecule has 0 unspecified atom stereocenters. The summed E-state index contributed by atoms with van der Waals surface area (Å²) in [5.41, 5.74) is 2.57. The molecule has 0 radical (unpaired) electrons. The van der Waals surface area contributed by atoms with Crippen molar-refractivity contribution in [1.29, 1.82) is 0 Å². The number of benzene rings is 2. The van der Waals surface area contributed by atoms with Gasteiger partial charge in [0.2, 0.25) is 5.91 Å². The van der Waals surface area contributed by atoms with Gasteiger partial charge in [0.15, 0.2) is 5.11 Å². The number of nitrogens with zero attached hydrogens (tertiary/aromatic N) is 2. The van der Waals surface area contributed by atoms with Crippen LogP contribution in [0.4, 0.5) is 11.4 Å². The number of rotatable bonds is 6. The summed E-state index contributed by atoms with van der Waals surface area (Å²) in [5, 5.41) is 7.58. The molecule has 2 N–H and O–H groups in total. The smallest absolute Gasteiger partial charge is 0.229 e. The molecule has 0 spiro atoms. The first-order chi connectivity index (χ1) is 18.7. The number of methoxy groups -OCH3 is 1. The Balaban J connectivity index is 1.55. The van der Waals surface area contributed by atoms with Gasteiger partial charge in [0.05, 0.1) is 24.5 Å². The summed E-state index contributed by atoms with van der Waals surface area (Å²) in [6, 6.07) is 22.2. The van der Waals surface area contributed by atoms with Gasteiger partial charge in [-0.1, -0.05) is 38.4 Å². The molecule has 2 aromatic heterocycles. The van der Waals surface area contributed by atoms with E-state index in [1.807, 2.05) is 98.5 Å². The van der Waals surface area contributed by atoms with Crippen LogP contribution in [0.3, 0.4) is 0 Å². The van der Waals surface area contributed by atoms with Crippen molar-refractivity contribution in [3.63, 3.8) is 0 Å². The van der Waals surface area contributed by atoms with E-state index in [9.17, 15) is 4.79 Å². The maximum atomic E-state index is 12.6. The maximum absolute atomic E-state index is 12.6. The van der Waals surface area contributed by atoms with Crippen molar-refractivity contribution in [3.05, 3.63) is 95.5 Å². The molecule has 0 saturated carbocycles. The third-order valence-electron chi connectivity index (χ3n) is 6.54. The molecule has 1 aliphatic rings. The van der Waals surface area contributed by atoms with E-state index in [0.717, 1.165) is 22.7 Å². The van der Waals surface area contributed by atoms with E-state index in [0.29, 0.717) is 27.3 Å². The lowest BCUT2D eigenvalue weighted by molar-refractivity contribution is -0.123. The fourth-order valence-electron chi connectivity index (χ4n) is 4.45. The Morgan fingerprint density at radius 2 is 1.87 bits per heavy atom. The third-order valence-corrected chi connectivity index (χ3v) is 7.10. The predicted molar refractivity (Wildman–Crippen MR) is 158 cm³/mol. The molecular weight excluding hydrogens is 532 g/mol. The highest BCUT2D eigenvalue weighted by molar-refractivity contribution is 7.80. The number of furan rings is 1. The molecule has 0 aliphatic carbocycles. The number of anilines is 2. The molecule has 3 heterocycles. The summed E-state index contributed by atoms with van der Waals surface area (Å²) in [4.78, 5) is 19.2. The zero-order chi connectivity index (χ0) is 27.7. The van der Waals surface area contributed by atoms with Gasteiger partial charge in [-0.05, 0) is 72.9 Å². The second-order valence-corrected chi connectivity index (χ2v) is 11.1. The van der Waals surface area contributed by atoms with E-state index >= 15 is 0 Å². The van der Waals surface area contributed by atoms with Gasteiger partial charge in [0.25, 0.3) is 0 Å². The second kappa shape index (κ2) is 10.7. The van der Waals surface area contributed by atoms with Crippen LogP contribution in [0.5, 0.6) is 5.75 Å². The Morgan fingerprint density at radius 1 is 1.10 bits per heavy atom. The van der Waals surface area contributed by atoms with Crippen LogP contribution in [0.15, 0.2) is 83.4 Å². The summed E-state index contributed by atoms with van der Waals surface area (Å²) in [7, 11) is 1.57. The lowest BCUT2D eigenvalue weighted by atomic mass is 9.95. The van der Waals surface area contributed by atoms with Crippen LogP contribution in [-0.4, -0.2) is 23.1 Å². The monoisotopic (exact) mass is 560 g/mol. The molecule has 4 aromatic rings. The molecule has 39 heavy (non-hydrogen) atoms. The van der Waals surface area contributed by atoms with Gasteiger partial charge in [-0.15, -0.1) is 0 Å². The van der Waals surface area contributed by atoms with Crippen LogP contribution in [0.25, 0.3) is 11.3 Å². The molecule has 5 rings (SSSR count). The number of ether oxygens (including phenoxy) is 1. The predicted octanol–water partition coefficient (Wildman–Crippen LogP) is 7.17. The number of amides is 1. The molecule has 200 valence electrons. The van der Waals surface area contributed by atoms with Crippen LogP contribution in [0.1, 0.15) is 44.3 Å². The number of halogens is 1. The van der Waals surface area contributed by atoms with Crippen LogP contribution in [0, 0.1) is 5.41 Å². The second-order valence-electron chi connectivity index (χ2n) is 10.3. The van der Waals surface area contributed by atoms with Gasteiger partial charge < -0.3 is 24.7 Å². The molecule has 9 heteroatoms. The van der Waals surface area contributed by atoms with Crippen molar-refractivity contribution < 1.29 is 13.9 Å². The average Bonchev–Trinajstić information content (AvgIpc) is 3.54. The van der Waals surface area contributed by atoms with E-state index in [1.165, 1.54) is 0 Å². The van der Waals surface area contributed by atoms with Crippen molar-refractivity contribution in [1.82, 2.24) is 10.3 Å². The van der Waals surface area contributed by atoms with Gasteiger partial charge in [-0.25, -0.2) is 0 Å². The number of hydrogen-bond donors (Lipinski definition) is 2. The molecule has 2 aromatic carbocycles. The van der Waals surface area contributed by atoms with Crippen molar-refractivity contribution >= 4 is 46.2 Å². The number of pyridine rings is 1.